The fourth-order valence-electron chi connectivity index (χ4n) is 4.47. The zero-order valence-electron chi connectivity index (χ0n) is 19.1. The van der Waals surface area contributed by atoms with Crippen LogP contribution < -0.4 is 10.5 Å². The van der Waals surface area contributed by atoms with Gasteiger partial charge in [-0.2, -0.15) is 0 Å². The molecular formula is C23H33IN4O4. The van der Waals surface area contributed by atoms with Crippen LogP contribution >= 0.6 is 22.6 Å². The fourth-order valence-corrected chi connectivity index (χ4v) is 5.21. The monoisotopic (exact) mass is 556 g/mol. The minimum Gasteiger partial charge on any atom is -0.488 e. The summed E-state index contributed by atoms with van der Waals surface area (Å²) in [4.78, 5) is 19.3. The van der Waals surface area contributed by atoms with Crippen molar-refractivity contribution < 1.29 is 19.0 Å². The highest BCUT2D eigenvalue weighted by molar-refractivity contribution is 14.1. The van der Waals surface area contributed by atoms with Crippen LogP contribution in [0.15, 0.2) is 12.1 Å². The summed E-state index contributed by atoms with van der Waals surface area (Å²) < 4.78 is 20.3. The highest BCUT2D eigenvalue weighted by Crippen LogP contribution is 2.36. The summed E-state index contributed by atoms with van der Waals surface area (Å²) in [6.45, 7) is 8.27. The average molecular weight is 556 g/mol. The maximum Gasteiger partial charge on any atom is 0.410 e. The molecule has 0 unspecified atom stereocenters. The van der Waals surface area contributed by atoms with E-state index in [0.717, 1.165) is 59.1 Å². The number of fused-ring (bicyclic) bond motifs is 1. The minimum atomic E-state index is -0.524. The Labute approximate surface area is 202 Å². The average Bonchev–Trinajstić information content (AvgIpc) is 3.26. The lowest BCUT2D eigenvalue weighted by Crippen LogP contribution is -2.39. The second-order valence-corrected chi connectivity index (χ2v) is 10.3. The summed E-state index contributed by atoms with van der Waals surface area (Å²) in [6.07, 6.45) is 3.58. The number of carbonyl (C=O) groups is 1. The van der Waals surface area contributed by atoms with Crippen LogP contribution in [0.4, 0.5) is 10.7 Å². The van der Waals surface area contributed by atoms with Crippen LogP contribution in [-0.4, -0.2) is 58.6 Å². The number of imidazole rings is 1. The lowest BCUT2D eigenvalue weighted by Gasteiger charge is -2.29. The van der Waals surface area contributed by atoms with Gasteiger partial charge in [-0.3, -0.25) is 0 Å². The highest BCUT2D eigenvalue weighted by atomic mass is 127. The van der Waals surface area contributed by atoms with Gasteiger partial charge < -0.3 is 29.4 Å². The van der Waals surface area contributed by atoms with Gasteiger partial charge in [0.25, 0.3) is 0 Å². The predicted molar refractivity (Wildman–Crippen MR) is 132 cm³/mol. The van der Waals surface area contributed by atoms with Gasteiger partial charge in [-0.25, -0.2) is 9.78 Å². The first-order valence-electron chi connectivity index (χ1n) is 11.3. The molecule has 2 aromatic rings. The molecule has 2 aliphatic heterocycles. The number of aromatic nitrogens is 2. The number of hydrogen-bond acceptors (Lipinski definition) is 6. The Morgan fingerprint density at radius 2 is 2.12 bits per heavy atom. The van der Waals surface area contributed by atoms with Crippen molar-refractivity contribution in [3.8, 4) is 5.75 Å². The second kappa shape index (κ2) is 9.62. The van der Waals surface area contributed by atoms with Crippen molar-refractivity contribution in [1.82, 2.24) is 14.5 Å². The van der Waals surface area contributed by atoms with E-state index in [9.17, 15) is 4.79 Å². The van der Waals surface area contributed by atoms with Gasteiger partial charge in [-0.05, 0) is 52.2 Å². The number of likely N-dealkylation sites (tertiary alicyclic amines) is 1. The number of carbonyl (C=O) groups excluding carboxylic acids is 1. The zero-order valence-corrected chi connectivity index (χ0v) is 21.3. The van der Waals surface area contributed by atoms with Crippen LogP contribution in [0.5, 0.6) is 5.75 Å². The van der Waals surface area contributed by atoms with E-state index < -0.39 is 5.60 Å². The smallest absolute Gasteiger partial charge is 0.410 e. The molecule has 2 saturated heterocycles. The van der Waals surface area contributed by atoms with Crippen LogP contribution in [0.3, 0.4) is 0 Å². The predicted octanol–water partition coefficient (Wildman–Crippen LogP) is 4.68. The van der Waals surface area contributed by atoms with Crippen LogP contribution in [0.1, 0.15) is 58.1 Å². The third kappa shape index (κ3) is 5.08. The normalized spacial score (nSPS) is 22.2. The fraction of sp³-hybridized carbons (Fsp3) is 0.652. The van der Waals surface area contributed by atoms with Crippen LogP contribution in [0, 0.1) is 0 Å². The molecule has 1 aromatic carbocycles. The van der Waals surface area contributed by atoms with Crippen molar-refractivity contribution >= 4 is 45.7 Å². The Morgan fingerprint density at radius 1 is 1.31 bits per heavy atom. The Morgan fingerprint density at radius 3 is 2.81 bits per heavy atom. The van der Waals surface area contributed by atoms with Crippen LogP contribution in [0.2, 0.25) is 0 Å². The molecule has 2 fully saturated rings. The molecule has 2 N–H and O–H groups in total. The quantitative estimate of drug-likeness (QED) is 0.435. The summed E-state index contributed by atoms with van der Waals surface area (Å²) in [5, 5.41) is 0. The molecule has 2 aliphatic rings. The zero-order chi connectivity index (χ0) is 22.9. The number of alkyl halides is 1. The number of ether oxygens (including phenoxy) is 3. The lowest BCUT2D eigenvalue weighted by atomic mass is 10.1. The Kier molecular flexibility index (Phi) is 7.04. The molecule has 0 saturated carbocycles. The van der Waals surface area contributed by atoms with Gasteiger partial charge in [0.2, 0.25) is 5.95 Å². The number of nitrogen functional groups attached to an aromatic ring is 1. The topological polar surface area (TPSA) is 91.8 Å². The molecule has 176 valence electrons. The van der Waals surface area contributed by atoms with E-state index in [0.29, 0.717) is 25.6 Å². The third-order valence-electron chi connectivity index (χ3n) is 5.92. The number of nitrogens with zero attached hydrogens (tertiary/aromatic N) is 3. The molecule has 1 aromatic heterocycles. The molecule has 1 amide bonds. The van der Waals surface area contributed by atoms with E-state index in [1.165, 1.54) is 0 Å². The second-order valence-electron chi connectivity index (χ2n) is 9.56. The largest absolute Gasteiger partial charge is 0.488 e. The van der Waals surface area contributed by atoms with Gasteiger partial charge in [-0.15, -0.1) is 0 Å². The van der Waals surface area contributed by atoms with Gasteiger partial charge in [-0.1, -0.05) is 22.6 Å². The first-order valence-corrected chi connectivity index (χ1v) is 12.9. The number of amides is 1. The number of nitrogens with two attached hydrogens (primary N) is 1. The molecule has 9 heteroatoms. The van der Waals surface area contributed by atoms with E-state index in [1.54, 1.807) is 0 Å². The summed E-state index contributed by atoms with van der Waals surface area (Å²) in [5.41, 5.74) is 8.88. The van der Waals surface area contributed by atoms with E-state index >= 15 is 0 Å². The lowest BCUT2D eigenvalue weighted by molar-refractivity contribution is 0.0238. The van der Waals surface area contributed by atoms with E-state index in [-0.39, 0.29) is 18.2 Å². The van der Waals surface area contributed by atoms with Crippen LogP contribution in [0.25, 0.3) is 11.0 Å². The Hall–Kier alpha value is -1.75. The number of anilines is 1. The maximum atomic E-state index is 12.8. The first kappa shape index (κ1) is 23.4. The Bertz CT molecular complexity index is 965. The SMILES string of the molecule is CC(C)(C)OC(=O)N1CCCC[C@@H](n2c(N)nc3ccc(O[C@@H]4CCOC4)c(CI)c32)C1. The van der Waals surface area contributed by atoms with Crippen LogP contribution in [-0.2, 0) is 13.9 Å². The van der Waals surface area contributed by atoms with Crippen molar-refractivity contribution in [2.24, 2.45) is 0 Å². The summed E-state index contributed by atoms with van der Waals surface area (Å²) in [7, 11) is 0. The van der Waals surface area contributed by atoms with E-state index in [4.69, 9.17) is 19.9 Å². The highest BCUT2D eigenvalue weighted by Gasteiger charge is 2.30. The Balaban J connectivity index is 1.68. The molecule has 0 spiro atoms. The first-order chi connectivity index (χ1) is 15.3. The number of rotatable bonds is 4. The minimum absolute atomic E-state index is 0.0294. The van der Waals surface area contributed by atoms with Crippen molar-refractivity contribution in [1.29, 1.82) is 0 Å². The van der Waals surface area contributed by atoms with Crippen molar-refractivity contribution in [2.45, 2.75) is 68.6 Å². The van der Waals surface area contributed by atoms with E-state index in [2.05, 4.69) is 32.1 Å². The molecule has 3 heterocycles. The molecule has 0 bridgehead atoms. The molecule has 4 rings (SSSR count). The number of halogens is 1. The van der Waals surface area contributed by atoms with Gasteiger partial charge in [0, 0.05) is 29.5 Å². The van der Waals surface area contributed by atoms with Crippen molar-refractivity contribution in [3.05, 3.63) is 17.7 Å². The molecule has 32 heavy (non-hydrogen) atoms. The molecule has 0 radical (unpaired) electrons. The van der Waals surface area contributed by atoms with E-state index in [1.807, 2.05) is 37.8 Å². The standard InChI is InChI=1S/C23H33IN4O4/c1-23(2,3)32-22(29)27-10-5-4-6-15(13-27)28-20-17(12-24)19(31-16-9-11-30-14-16)8-7-18(20)26-21(28)25/h7-8,15-16H,4-6,9-14H2,1-3H3,(H2,25,26)/t15-,16-/m1/s1. The molecule has 8 nitrogen and oxygen atoms in total. The maximum absolute atomic E-state index is 12.8. The third-order valence-corrected chi connectivity index (χ3v) is 6.68. The van der Waals surface area contributed by atoms with Gasteiger partial charge in [0.1, 0.15) is 17.5 Å². The molecular weight excluding hydrogens is 523 g/mol. The van der Waals surface area contributed by atoms with Crippen molar-refractivity contribution in [2.75, 3.05) is 32.0 Å². The molecule has 2 atom stereocenters. The van der Waals surface area contributed by atoms with Gasteiger partial charge >= 0.3 is 6.09 Å². The number of benzene rings is 1. The summed E-state index contributed by atoms with van der Waals surface area (Å²) in [6, 6.07) is 4.00. The van der Waals surface area contributed by atoms with Crippen molar-refractivity contribution in [3.63, 3.8) is 0 Å². The number of hydrogen-bond donors (Lipinski definition) is 1. The van der Waals surface area contributed by atoms with Gasteiger partial charge in [0.15, 0.2) is 0 Å². The summed E-state index contributed by atoms with van der Waals surface area (Å²) in [5.74, 6) is 1.34. The van der Waals surface area contributed by atoms with Gasteiger partial charge in [0.05, 0.1) is 30.3 Å². The summed E-state index contributed by atoms with van der Waals surface area (Å²) >= 11 is 2.37. The molecule has 0 aliphatic carbocycles.